The molecule has 1 amide bonds. The molecule has 1 atom stereocenters. The van der Waals surface area contributed by atoms with E-state index in [0.29, 0.717) is 17.7 Å². The van der Waals surface area contributed by atoms with Crippen LogP contribution in [0.3, 0.4) is 0 Å². The Morgan fingerprint density at radius 2 is 2.04 bits per heavy atom. The van der Waals surface area contributed by atoms with Crippen molar-refractivity contribution in [3.8, 4) is 0 Å². The first kappa shape index (κ1) is 14.9. The van der Waals surface area contributed by atoms with Crippen LogP contribution >= 0.6 is 0 Å². The molecule has 1 N–H and O–H groups in total. The zero-order valence-corrected chi connectivity index (χ0v) is 14.2. The number of likely N-dealkylation sites (tertiary alicyclic amines) is 2. The van der Waals surface area contributed by atoms with E-state index in [9.17, 15) is 4.79 Å². The minimum Gasteiger partial charge on any atom is -0.370 e. The molecular formula is C18H26N4O2. The number of H-pyrrole nitrogens is 1. The lowest BCUT2D eigenvalue weighted by atomic mass is 9.88. The molecule has 1 saturated carbocycles. The van der Waals surface area contributed by atoms with E-state index in [1.807, 2.05) is 11.0 Å². The summed E-state index contributed by atoms with van der Waals surface area (Å²) in [5.41, 5.74) is 1.60. The number of carbonyl (C=O) groups excluding carboxylic acids is 1. The van der Waals surface area contributed by atoms with Crippen molar-refractivity contribution in [2.45, 2.75) is 56.1 Å². The third kappa shape index (κ3) is 2.56. The fourth-order valence-electron chi connectivity index (χ4n) is 4.56. The monoisotopic (exact) mass is 330 g/mol. The third-order valence-electron chi connectivity index (χ3n) is 6.18. The van der Waals surface area contributed by atoms with Gasteiger partial charge in [-0.05, 0) is 51.3 Å². The molecule has 24 heavy (non-hydrogen) atoms. The summed E-state index contributed by atoms with van der Waals surface area (Å²) < 4.78 is 6.15. The Balaban J connectivity index is 1.18. The Labute approximate surface area is 142 Å². The normalized spacial score (nSPS) is 29.8. The number of amides is 1. The van der Waals surface area contributed by atoms with Gasteiger partial charge in [0.15, 0.2) is 0 Å². The maximum atomic E-state index is 12.6. The molecule has 1 unspecified atom stereocenters. The van der Waals surface area contributed by atoms with Crippen molar-refractivity contribution in [3.05, 3.63) is 17.5 Å². The van der Waals surface area contributed by atoms with Crippen molar-refractivity contribution in [2.75, 3.05) is 32.8 Å². The van der Waals surface area contributed by atoms with Crippen molar-refractivity contribution in [3.63, 3.8) is 0 Å². The number of hydrogen-bond donors (Lipinski definition) is 1. The molecule has 1 aromatic heterocycles. The van der Waals surface area contributed by atoms with Crippen molar-refractivity contribution in [1.29, 1.82) is 0 Å². The molecule has 130 valence electrons. The summed E-state index contributed by atoms with van der Waals surface area (Å²) in [6.07, 6.45) is 7.50. The zero-order valence-electron chi connectivity index (χ0n) is 14.2. The molecule has 4 aliphatic rings. The largest absolute Gasteiger partial charge is 0.370 e. The maximum absolute atomic E-state index is 12.6. The highest BCUT2D eigenvalue weighted by Crippen LogP contribution is 2.40. The molecule has 5 rings (SSSR count). The Bertz CT molecular complexity index is 627. The average Bonchev–Trinajstić information content (AvgIpc) is 3.14. The molecule has 1 spiro atoms. The second-order valence-electron chi connectivity index (χ2n) is 8.09. The number of aromatic amines is 1. The second kappa shape index (κ2) is 5.56. The molecule has 0 aromatic carbocycles. The predicted molar refractivity (Wildman–Crippen MR) is 89.0 cm³/mol. The smallest absolute Gasteiger partial charge is 0.274 e. The number of aromatic nitrogens is 2. The highest BCUT2D eigenvalue weighted by atomic mass is 16.5. The van der Waals surface area contributed by atoms with Gasteiger partial charge in [0.2, 0.25) is 0 Å². The summed E-state index contributed by atoms with van der Waals surface area (Å²) in [7, 11) is 0. The lowest BCUT2D eigenvalue weighted by molar-refractivity contribution is -0.0952. The Morgan fingerprint density at radius 3 is 2.79 bits per heavy atom. The number of nitrogens with zero attached hydrogens (tertiary/aromatic N) is 3. The summed E-state index contributed by atoms with van der Waals surface area (Å²) in [6, 6.07) is 2.49. The molecule has 6 heteroatoms. The average molecular weight is 330 g/mol. The van der Waals surface area contributed by atoms with Crippen LogP contribution in [0, 0.1) is 0 Å². The Hall–Kier alpha value is -1.40. The molecule has 3 aliphatic heterocycles. The van der Waals surface area contributed by atoms with Gasteiger partial charge in [0.25, 0.3) is 5.91 Å². The van der Waals surface area contributed by atoms with Gasteiger partial charge in [-0.2, -0.15) is 5.10 Å². The number of hydrogen-bond acceptors (Lipinski definition) is 4. The van der Waals surface area contributed by atoms with Gasteiger partial charge in [-0.15, -0.1) is 0 Å². The standard InChI is InChI=1S/C18H26N4O2/c23-17(16-8-15(19-20-16)13-4-5-13)22-11-18(12-22)9-14(10-24-18)21-6-2-1-3-7-21/h8,13-14H,1-7,9-12H2,(H,19,20). The quantitative estimate of drug-likeness (QED) is 0.917. The summed E-state index contributed by atoms with van der Waals surface area (Å²) >= 11 is 0. The van der Waals surface area contributed by atoms with Crippen molar-refractivity contribution in [1.82, 2.24) is 20.0 Å². The van der Waals surface area contributed by atoms with Crippen LogP contribution in [0.2, 0.25) is 0 Å². The highest BCUT2D eigenvalue weighted by molar-refractivity contribution is 5.93. The van der Waals surface area contributed by atoms with Crippen LogP contribution in [0.5, 0.6) is 0 Å². The van der Waals surface area contributed by atoms with E-state index in [-0.39, 0.29) is 11.5 Å². The van der Waals surface area contributed by atoms with E-state index < -0.39 is 0 Å². The van der Waals surface area contributed by atoms with Crippen LogP contribution in [0.4, 0.5) is 0 Å². The van der Waals surface area contributed by atoms with Crippen LogP contribution in [0.1, 0.15) is 60.6 Å². The highest BCUT2D eigenvalue weighted by Gasteiger charge is 2.52. The lowest BCUT2D eigenvalue weighted by Crippen LogP contribution is -2.63. The van der Waals surface area contributed by atoms with Gasteiger partial charge in [-0.3, -0.25) is 14.8 Å². The van der Waals surface area contributed by atoms with Crippen molar-refractivity contribution < 1.29 is 9.53 Å². The number of nitrogens with one attached hydrogen (secondary N) is 1. The number of ether oxygens (including phenoxy) is 1. The van der Waals surface area contributed by atoms with E-state index in [1.165, 1.54) is 45.2 Å². The summed E-state index contributed by atoms with van der Waals surface area (Å²) in [5.74, 6) is 0.652. The number of carbonyl (C=O) groups is 1. The molecule has 0 bridgehead atoms. The molecule has 0 radical (unpaired) electrons. The minimum absolute atomic E-state index is 0.0498. The van der Waals surface area contributed by atoms with E-state index in [1.54, 1.807) is 0 Å². The van der Waals surface area contributed by atoms with Crippen molar-refractivity contribution >= 4 is 5.91 Å². The second-order valence-corrected chi connectivity index (χ2v) is 8.09. The van der Waals surface area contributed by atoms with E-state index >= 15 is 0 Å². The fourth-order valence-corrected chi connectivity index (χ4v) is 4.56. The number of piperidine rings is 1. The zero-order chi connectivity index (χ0) is 16.1. The first-order valence-electron chi connectivity index (χ1n) is 9.45. The van der Waals surface area contributed by atoms with Gasteiger partial charge < -0.3 is 9.64 Å². The summed E-state index contributed by atoms with van der Waals surface area (Å²) in [5, 5.41) is 7.25. The Morgan fingerprint density at radius 1 is 1.25 bits per heavy atom. The van der Waals surface area contributed by atoms with Gasteiger partial charge in [-0.25, -0.2) is 0 Å². The van der Waals surface area contributed by atoms with Gasteiger partial charge in [0, 0.05) is 17.7 Å². The minimum atomic E-state index is -0.0899. The van der Waals surface area contributed by atoms with E-state index in [4.69, 9.17) is 4.74 Å². The van der Waals surface area contributed by atoms with Gasteiger partial charge in [-0.1, -0.05) is 6.42 Å². The van der Waals surface area contributed by atoms with Gasteiger partial charge >= 0.3 is 0 Å². The first-order valence-corrected chi connectivity index (χ1v) is 9.45. The maximum Gasteiger partial charge on any atom is 0.274 e. The van der Waals surface area contributed by atoms with Crippen molar-refractivity contribution in [2.24, 2.45) is 0 Å². The Kier molecular flexibility index (Phi) is 3.45. The molecule has 3 saturated heterocycles. The molecular weight excluding hydrogens is 304 g/mol. The van der Waals surface area contributed by atoms with Crippen LogP contribution in [0.25, 0.3) is 0 Å². The first-order chi connectivity index (χ1) is 11.7. The summed E-state index contributed by atoms with van der Waals surface area (Å²) in [4.78, 5) is 17.1. The van der Waals surface area contributed by atoms with Crippen LogP contribution in [0.15, 0.2) is 6.07 Å². The predicted octanol–water partition coefficient (Wildman–Crippen LogP) is 1.76. The molecule has 1 aromatic rings. The molecule has 4 heterocycles. The number of rotatable bonds is 3. The topological polar surface area (TPSA) is 61.5 Å². The molecule has 1 aliphatic carbocycles. The molecule has 6 nitrogen and oxygen atoms in total. The van der Waals surface area contributed by atoms with Crippen LogP contribution < -0.4 is 0 Å². The van der Waals surface area contributed by atoms with Gasteiger partial charge in [0.1, 0.15) is 11.3 Å². The SMILES string of the molecule is O=C(c1cc(C2CC2)[nH]n1)N1CC2(CC(N3CCCCC3)CO2)C1. The van der Waals surface area contributed by atoms with Gasteiger partial charge in [0.05, 0.1) is 19.7 Å². The van der Waals surface area contributed by atoms with Crippen LogP contribution in [-0.2, 0) is 4.74 Å². The fraction of sp³-hybridized carbons (Fsp3) is 0.778. The third-order valence-corrected chi connectivity index (χ3v) is 6.18. The summed E-state index contributed by atoms with van der Waals surface area (Å²) in [6.45, 7) is 4.70. The van der Waals surface area contributed by atoms with E-state index in [2.05, 4.69) is 15.1 Å². The molecule has 4 fully saturated rings. The lowest BCUT2D eigenvalue weighted by Gasteiger charge is -2.47. The van der Waals surface area contributed by atoms with Crippen LogP contribution in [-0.4, -0.2) is 70.3 Å². The van der Waals surface area contributed by atoms with E-state index in [0.717, 1.165) is 31.8 Å².